The molecule has 0 amide bonds. The number of carbonyl (C=O) groups excluding carboxylic acids is 1. The SMILES string of the molecule is COc1cc(C[C@@H]2c3cc(C)c(C)cc3CC[N@+]2(C)CC[C-]=O)ccc1C.[CH3-].[Y]. The number of ether oxygens (including phenoxy) is 1. The van der Waals surface area contributed by atoms with Crippen LogP contribution in [0.3, 0.4) is 0 Å². The van der Waals surface area contributed by atoms with Crippen LogP contribution in [0.15, 0.2) is 30.3 Å². The molecule has 0 fully saturated rings. The minimum Gasteiger partial charge on any atom is -0.542 e. The first-order valence-corrected chi connectivity index (χ1v) is 9.80. The summed E-state index contributed by atoms with van der Waals surface area (Å²) in [4.78, 5) is 11.0. The van der Waals surface area contributed by atoms with Gasteiger partial charge in [-0.3, -0.25) is 6.29 Å². The van der Waals surface area contributed by atoms with Gasteiger partial charge in [0.2, 0.25) is 0 Å². The second kappa shape index (κ2) is 10.8. The normalized spacial score (nSPS) is 20.1. The van der Waals surface area contributed by atoms with E-state index in [0.717, 1.165) is 41.7 Å². The van der Waals surface area contributed by atoms with Crippen LogP contribution in [-0.2, 0) is 50.3 Å². The Morgan fingerprint density at radius 2 is 1.79 bits per heavy atom. The van der Waals surface area contributed by atoms with Gasteiger partial charge in [-0.25, -0.2) is 0 Å². The van der Waals surface area contributed by atoms with E-state index in [1.54, 1.807) is 7.11 Å². The second-order valence-corrected chi connectivity index (χ2v) is 8.23. The van der Waals surface area contributed by atoms with E-state index in [1.807, 2.05) is 0 Å². The molecule has 1 radical (unpaired) electrons. The van der Waals surface area contributed by atoms with E-state index in [9.17, 15) is 4.79 Å². The van der Waals surface area contributed by atoms with Crippen molar-refractivity contribution in [2.24, 2.45) is 0 Å². The summed E-state index contributed by atoms with van der Waals surface area (Å²) in [5.74, 6) is 0.944. The predicted molar refractivity (Wildman–Crippen MR) is 116 cm³/mol. The maximum absolute atomic E-state index is 11.0. The van der Waals surface area contributed by atoms with Gasteiger partial charge in [-0.05, 0) is 60.7 Å². The maximum Gasteiger partial charge on any atom is 0.122 e. The van der Waals surface area contributed by atoms with Gasteiger partial charge in [-0.15, -0.1) is 6.42 Å². The van der Waals surface area contributed by atoms with Crippen molar-refractivity contribution in [2.75, 3.05) is 27.2 Å². The van der Waals surface area contributed by atoms with Crippen LogP contribution in [0.2, 0.25) is 0 Å². The van der Waals surface area contributed by atoms with Gasteiger partial charge < -0.3 is 21.4 Å². The van der Waals surface area contributed by atoms with E-state index in [2.05, 4.69) is 64.4 Å². The number of hydrogen-bond acceptors (Lipinski definition) is 2. The van der Waals surface area contributed by atoms with Crippen molar-refractivity contribution in [1.29, 1.82) is 0 Å². The van der Waals surface area contributed by atoms with Crippen molar-refractivity contribution in [1.82, 2.24) is 0 Å². The molecule has 1 heterocycles. The molecule has 29 heavy (non-hydrogen) atoms. The zero-order valence-electron chi connectivity index (χ0n) is 18.8. The summed E-state index contributed by atoms with van der Waals surface area (Å²) in [6.07, 6.45) is 4.61. The third-order valence-electron chi connectivity index (χ3n) is 6.39. The quantitative estimate of drug-likeness (QED) is 0.447. The Labute approximate surface area is 202 Å². The monoisotopic (exact) mass is 469 g/mol. The Kier molecular flexibility index (Phi) is 9.72. The molecule has 0 saturated carbocycles. The molecule has 2 aromatic rings. The minimum absolute atomic E-state index is 0. The Morgan fingerprint density at radius 3 is 2.45 bits per heavy atom. The van der Waals surface area contributed by atoms with E-state index in [4.69, 9.17) is 4.74 Å². The zero-order valence-corrected chi connectivity index (χ0v) is 21.7. The van der Waals surface area contributed by atoms with Crippen LogP contribution in [0.1, 0.15) is 45.8 Å². The molecule has 0 saturated heterocycles. The van der Waals surface area contributed by atoms with Gasteiger partial charge >= 0.3 is 0 Å². The van der Waals surface area contributed by atoms with E-state index < -0.39 is 0 Å². The number of nitrogens with zero attached hydrogens (tertiary/aromatic N) is 1. The summed E-state index contributed by atoms with van der Waals surface area (Å²) in [6.45, 7) is 8.36. The van der Waals surface area contributed by atoms with Crippen molar-refractivity contribution in [3.8, 4) is 5.75 Å². The fourth-order valence-electron chi connectivity index (χ4n) is 4.41. The predicted octanol–water partition coefficient (Wildman–Crippen LogP) is 4.85. The van der Waals surface area contributed by atoms with Gasteiger partial charge in [0, 0.05) is 51.1 Å². The van der Waals surface area contributed by atoms with Crippen LogP contribution in [0.25, 0.3) is 0 Å². The average Bonchev–Trinajstić information content (AvgIpc) is 2.65. The van der Waals surface area contributed by atoms with Crippen molar-refractivity contribution >= 4 is 6.29 Å². The number of methoxy groups -OCH3 is 1. The molecule has 4 heteroatoms. The maximum atomic E-state index is 11.0. The Balaban J connectivity index is 0.00000210. The molecular formula is C25H34NO2Y-. The van der Waals surface area contributed by atoms with Crippen LogP contribution in [0.5, 0.6) is 5.75 Å². The van der Waals surface area contributed by atoms with Crippen molar-refractivity contribution in [3.05, 3.63) is 71.1 Å². The van der Waals surface area contributed by atoms with Gasteiger partial charge in [0.1, 0.15) is 11.8 Å². The molecule has 2 aromatic carbocycles. The molecule has 0 aromatic heterocycles. The zero-order chi connectivity index (χ0) is 19.6. The summed E-state index contributed by atoms with van der Waals surface area (Å²) in [6, 6.07) is 11.6. The molecule has 155 valence electrons. The van der Waals surface area contributed by atoms with Gasteiger partial charge in [0.25, 0.3) is 0 Å². The van der Waals surface area contributed by atoms with E-state index in [0.29, 0.717) is 12.5 Å². The molecule has 0 bridgehead atoms. The smallest absolute Gasteiger partial charge is 0.122 e. The molecule has 1 aliphatic rings. The summed E-state index contributed by atoms with van der Waals surface area (Å²) < 4.78 is 6.43. The first-order chi connectivity index (χ1) is 12.9. The first-order valence-electron chi connectivity index (χ1n) is 9.80. The van der Waals surface area contributed by atoms with Gasteiger partial charge in [0.05, 0.1) is 27.2 Å². The molecule has 3 nitrogen and oxygen atoms in total. The van der Waals surface area contributed by atoms with E-state index in [1.165, 1.54) is 27.8 Å². The van der Waals surface area contributed by atoms with Crippen molar-refractivity contribution < 1.29 is 46.7 Å². The number of likely N-dealkylation sites (N-methyl/N-ethyl adjacent to an activating group) is 1. The minimum atomic E-state index is 0. The van der Waals surface area contributed by atoms with Crippen molar-refractivity contribution in [2.45, 2.75) is 46.1 Å². The number of hydrogen-bond donors (Lipinski definition) is 0. The number of fused-ring (bicyclic) bond motifs is 1. The van der Waals surface area contributed by atoms with Crippen LogP contribution in [0.4, 0.5) is 0 Å². The summed E-state index contributed by atoms with van der Waals surface area (Å²) >= 11 is 0. The van der Waals surface area contributed by atoms with Crippen LogP contribution in [0, 0.1) is 28.2 Å². The molecule has 3 rings (SSSR count). The van der Waals surface area contributed by atoms with E-state index in [-0.39, 0.29) is 40.1 Å². The largest absolute Gasteiger partial charge is 0.542 e. The number of aryl methyl sites for hydroxylation is 3. The van der Waals surface area contributed by atoms with Gasteiger partial charge in [-0.1, -0.05) is 18.2 Å². The number of benzene rings is 2. The average molecular weight is 469 g/mol. The van der Waals surface area contributed by atoms with Crippen LogP contribution in [-0.4, -0.2) is 38.0 Å². The number of rotatable bonds is 6. The summed E-state index contributed by atoms with van der Waals surface area (Å²) in [5, 5.41) is 0. The van der Waals surface area contributed by atoms with Gasteiger partial charge in [0.15, 0.2) is 0 Å². The summed E-state index contributed by atoms with van der Waals surface area (Å²) in [7, 11) is 4.03. The van der Waals surface area contributed by atoms with E-state index >= 15 is 0 Å². The van der Waals surface area contributed by atoms with Crippen LogP contribution >= 0.6 is 0 Å². The van der Waals surface area contributed by atoms with Crippen LogP contribution < -0.4 is 4.74 Å². The Morgan fingerprint density at radius 1 is 1.10 bits per heavy atom. The fourth-order valence-corrected chi connectivity index (χ4v) is 4.41. The molecule has 0 N–H and O–H groups in total. The molecule has 2 atom stereocenters. The third-order valence-corrected chi connectivity index (χ3v) is 6.39. The number of quaternary nitrogens is 1. The van der Waals surface area contributed by atoms with Crippen molar-refractivity contribution in [3.63, 3.8) is 0 Å². The summed E-state index contributed by atoms with van der Waals surface area (Å²) in [5.41, 5.74) is 8.06. The fraction of sp³-hybridized carbons (Fsp3) is 0.440. The molecule has 1 aliphatic heterocycles. The standard InChI is InChI=1S/C24H31NO2.CH3.Y/c1-17-7-8-20(16-24(17)27-5)15-23-22-14-19(3)18(2)13-21(22)9-11-25(23,4)10-6-12-26;;/h7-8,13-14,16,23H,6,9-11,15H2,1-5H3;1H3;/q;-1;/t23-,25+;;/m1../s1. The Hall–Kier alpha value is -1.03. The van der Waals surface area contributed by atoms with Gasteiger partial charge in [-0.2, -0.15) is 0 Å². The molecular weight excluding hydrogens is 435 g/mol. The first kappa shape index (κ1) is 26.0. The second-order valence-electron chi connectivity index (χ2n) is 8.23. The third kappa shape index (κ3) is 5.57. The molecule has 0 aliphatic carbocycles. The molecule has 0 unspecified atom stereocenters. The Bertz CT molecular complexity index is 849. The topological polar surface area (TPSA) is 26.3 Å². The molecule has 0 spiro atoms.